The predicted molar refractivity (Wildman–Crippen MR) is 131 cm³/mol. The Kier molecular flexibility index (Phi) is 17.6. The normalized spacial score (nSPS) is 11.3. The highest BCUT2D eigenvalue weighted by molar-refractivity contribution is 5.83. The van der Waals surface area contributed by atoms with Crippen molar-refractivity contribution in [3.05, 3.63) is 29.8 Å². The lowest BCUT2D eigenvalue weighted by Gasteiger charge is -2.04. The number of unbranched alkanes of at least 4 members (excludes halogenated alkanes) is 14. The maximum absolute atomic E-state index is 11.8. The number of aliphatic imine (C=N–C) groups is 1. The Balaban J connectivity index is 1.82. The molecule has 0 radical (unpaired) electrons. The number of hydrogen-bond donors (Lipinski definition) is 1. The molecule has 1 N–H and O–H groups in total. The molecule has 0 fully saturated rings. The Morgan fingerprint density at radius 3 is 1.90 bits per heavy atom. The van der Waals surface area contributed by atoms with Gasteiger partial charge in [0.1, 0.15) is 12.4 Å². The third-order valence-electron chi connectivity index (χ3n) is 5.64. The van der Waals surface area contributed by atoms with Gasteiger partial charge in [-0.25, -0.2) is 0 Å². The second-order valence-electron chi connectivity index (χ2n) is 8.51. The summed E-state index contributed by atoms with van der Waals surface area (Å²) in [6.45, 7) is 2.98. The zero-order valence-electron chi connectivity index (χ0n) is 19.8. The molecule has 176 valence electrons. The molecule has 0 amide bonds. The second kappa shape index (κ2) is 20.1. The van der Waals surface area contributed by atoms with Crippen molar-refractivity contribution in [2.24, 2.45) is 4.99 Å². The van der Waals surface area contributed by atoms with E-state index in [4.69, 9.17) is 4.74 Å². The summed E-state index contributed by atoms with van der Waals surface area (Å²) in [7, 11) is 0. The first kappa shape index (κ1) is 27.2. The first-order valence-electron chi connectivity index (χ1n) is 12.7. The van der Waals surface area contributed by atoms with Crippen molar-refractivity contribution in [2.45, 2.75) is 110 Å². The molecule has 0 aliphatic rings. The van der Waals surface area contributed by atoms with E-state index in [2.05, 4.69) is 11.9 Å². The molecule has 31 heavy (non-hydrogen) atoms. The van der Waals surface area contributed by atoms with Crippen LogP contribution < -0.4 is 0 Å². The van der Waals surface area contributed by atoms with Crippen LogP contribution in [0.1, 0.15) is 115 Å². The topological polar surface area (TPSA) is 58.9 Å². The van der Waals surface area contributed by atoms with Crippen LogP contribution in [0.15, 0.2) is 29.3 Å². The van der Waals surface area contributed by atoms with Crippen LogP contribution in [0.25, 0.3) is 0 Å². The zero-order valence-corrected chi connectivity index (χ0v) is 19.8. The Morgan fingerprint density at radius 2 is 1.35 bits per heavy atom. The SMILES string of the molecule is CCCCCCCCCCCCCCCCCC(=O)OCC/N=C/c1ccccc1O. The zero-order chi connectivity index (χ0) is 22.4. The molecule has 0 heterocycles. The molecule has 1 rings (SSSR count). The highest BCUT2D eigenvalue weighted by atomic mass is 16.5. The van der Waals surface area contributed by atoms with Crippen molar-refractivity contribution in [1.29, 1.82) is 0 Å². The number of esters is 1. The molecule has 4 heteroatoms. The number of phenolic OH excluding ortho intramolecular Hbond substituents is 1. The Hall–Kier alpha value is -1.84. The fourth-order valence-corrected chi connectivity index (χ4v) is 3.68. The molecule has 1 aromatic rings. The number of rotatable bonds is 20. The van der Waals surface area contributed by atoms with Gasteiger partial charge in [0.05, 0.1) is 6.54 Å². The number of ether oxygens (including phenoxy) is 1. The van der Waals surface area contributed by atoms with Crippen molar-refractivity contribution in [3.63, 3.8) is 0 Å². The van der Waals surface area contributed by atoms with Gasteiger partial charge in [-0.05, 0) is 18.6 Å². The maximum Gasteiger partial charge on any atom is 0.305 e. The van der Waals surface area contributed by atoms with E-state index < -0.39 is 0 Å². The number of carbonyl (C=O) groups excluding carboxylic acids is 1. The Bertz CT molecular complexity index is 586. The minimum absolute atomic E-state index is 0.132. The number of aromatic hydroxyl groups is 1. The smallest absolute Gasteiger partial charge is 0.305 e. The van der Waals surface area contributed by atoms with Crippen molar-refractivity contribution < 1.29 is 14.6 Å². The van der Waals surface area contributed by atoms with E-state index in [1.165, 1.54) is 83.5 Å². The van der Waals surface area contributed by atoms with E-state index >= 15 is 0 Å². The average molecular weight is 432 g/mol. The average Bonchev–Trinajstić information content (AvgIpc) is 2.77. The van der Waals surface area contributed by atoms with Crippen molar-refractivity contribution in [3.8, 4) is 5.75 Å². The van der Waals surface area contributed by atoms with Gasteiger partial charge >= 0.3 is 5.97 Å². The number of hydrogen-bond acceptors (Lipinski definition) is 4. The van der Waals surface area contributed by atoms with Crippen molar-refractivity contribution in [1.82, 2.24) is 0 Å². The van der Waals surface area contributed by atoms with Crippen LogP contribution in [0.3, 0.4) is 0 Å². The van der Waals surface area contributed by atoms with E-state index in [-0.39, 0.29) is 11.7 Å². The van der Waals surface area contributed by atoms with Gasteiger partial charge in [0.25, 0.3) is 0 Å². The van der Waals surface area contributed by atoms with Crippen LogP contribution in [-0.2, 0) is 9.53 Å². The van der Waals surface area contributed by atoms with Crippen LogP contribution in [0.2, 0.25) is 0 Å². The van der Waals surface area contributed by atoms with Crippen molar-refractivity contribution >= 4 is 12.2 Å². The summed E-state index contributed by atoms with van der Waals surface area (Å²) in [6, 6.07) is 7.03. The number of benzene rings is 1. The molecule has 0 spiro atoms. The number of carbonyl (C=O) groups is 1. The number of phenols is 1. The second-order valence-corrected chi connectivity index (χ2v) is 8.51. The maximum atomic E-state index is 11.8. The van der Waals surface area contributed by atoms with E-state index in [1.54, 1.807) is 24.4 Å². The first-order chi connectivity index (χ1) is 15.2. The lowest BCUT2D eigenvalue weighted by Crippen LogP contribution is -2.07. The summed E-state index contributed by atoms with van der Waals surface area (Å²) < 4.78 is 5.21. The summed E-state index contributed by atoms with van der Waals surface area (Å²) in [5.41, 5.74) is 0.673. The fourth-order valence-electron chi connectivity index (χ4n) is 3.68. The van der Waals surface area contributed by atoms with Crippen LogP contribution in [0, 0.1) is 0 Å². The molecule has 0 saturated heterocycles. The van der Waals surface area contributed by atoms with Gasteiger partial charge in [-0.3, -0.25) is 9.79 Å². The van der Waals surface area contributed by atoms with E-state index in [9.17, 15) is 9.90 Å². The largest absolute Gasteiger partial charge is 0.507 e. The first-order valence-corrected chi connectivity index (χ1v) is 12.7. The van der Waals surface area contributed by atoms with Crippen LogP contribution >= 0.6 is 0 Å². The molecule has 0 aliphatic heterocycles. The summed E-state index contributed by atoms with van der Waals surface area (Å²) in [5.74, 6) is 0.0730. The van der Waals surface area contributed by atoms with Gasteiger partial charge in [0.15, 0.2) is 0 Å². The number of nitrogens with zero attached hydrogens (tertiary/aromatic N) is 1. The van der Waals surface area contributed by atoms with Gasteiger partial charge < -0.3 is 9.84 Å². The minimum Gasteiger partial charge on any atom is -0.507 e. The van der Waals surface area contributed by atoms with E-state index in [1.807, 2.05) is 6.07 Å². The van der Waals surface area contributed by atoms with Crippen LogP contribution in [-0.4, -0.2) is 30.4 Å². The van der Waals surface area contributed by atoms with E-state index in [0.29, 0.717) is 25.1 Å². The monoisotopic (exact) mass is 431 g/mol. The molecule has 0 bridgehead atoms. The lowest BCUT2D eigenvalue weighted by molar-refractivity contribution is -0.143. The molecular formula is C27H45NO3. The van der Waals surface area contributed by atoms with Gasteiger partial charge in [0, 0.05) is 18.2 Å². The predicted octanol–water partition coefficient (Wildman–Crippen LogP) is 7.62. The molecule has 0 unspecified atom stereocenters. The summed E-state index contributed by atoms with van der Waals surface area (Å²) in [5, 5.41) is 9.64. The molecule has 4 nitrogen and oxygen atoms in total. The molecular weight excluding hydrogens is 386 g/mol. The van der Waals surface area contributed by atoms with E-state index in [0.717, 1.165) is 12.8 Å². The molecule has 0 aliphatic carbocycles. The summed E-state index contributed by atoms with van der Waals surface area (Å²) in [4.78, 5) is 15.9. The highest BCUT2D eigenvalue weighted by Crippen LogP contribution is 2.14. The van der Waals surface area contributed by atoms with Crippen molar-refractivity contribution in [2.75, 3.05) is 13.2 Å². The Labute approximate surface area is 190 Å². The molecule has 1 aromatic carbocycles. The van der Waals surface area contributed by atoms with Gasteiger partial charge in [-0.15, -0.1) is 0 Å². The summed E-state index contributed by atoms with van der Waals surface area (Å²) >= 11 is 0. The Morgan fingerprint density at radius 1 is 0.839 bits per heavy atom. The molecule has 0 aromatic heterocycles. The van der Waals surface area contributed by atoms with Gasteiger partial charge in [0.2, 0.25) is 0 Å². The molecule has 0 saturated carbocycles. The molecule has 0 atom stereocenters. The minimum atomic E-state index is -0.132. The summed E-state index contributed by atoms with van der Waals surface area (Å²) in [6.07, 6.45) is 21.9. The van der Waals surface area contributed by atoms with Gasteiger partial charge in [-0.2, -0.15) is 0 Å². The highest BCUT2D eigenvalue weighted by Gasteiger charge is 2.02. The standard InChI is InChI=1S/C27H45NO3/c1-2-3-4-5-6-7-8-9-10-11-12-13-14-15-16-21-27(30)31-23-22-28-24-25-19-17-18-20-26(25)29/h17-20,24,29H,2-16,21-23H2,1H3/b28-24+. The third-order valence-corrected chi connectivity index (χ3v) is 5.64. The lowest BCUT2D eigenvalue weighted by atomic mass is 10.0. The quantitative estimate of drug-likeness (QED) is 0.131. The van der Waals surface area contributed by atoms with Crippen LogP contribution in [0.5, 0.6) is 5.75 Å². The number of para-hydroxylation sites is 1. The van der Waals surface area contributed by atoms with Crippen LogP contribution in [0.4, 0.5) is 0 Å². The third kappa shape index (κ3) is 16.5. The fraction of sp³-hybridized carbons (Fsp3) is 0.704. The van der Waals surface area contributed by atoms with Gasteiger partial charge in [-0.1, -0.05) is 109 Å².